The largest absolute Gasteiger partial charge is 0.337 e. The maximum Gasteiger partial charge on any atom is 0.179 e. The molecule has 2 aromatic rings. The number of carbonyl (C=O) groups is 1. The van der Waals surface area contributed by atoms with Crippen molar-refractivity contribution in [1.29, 1.82) is 0 Å². The molecule has 1 aliphatic heterocycles. The monoisotopic (exact) mass is 331 g/mol. The van der Waals surface area contributed by atoms with E-state index in [-0.39, 0.29) is 5.78 Å². The van der Waals surface area contributed by atoms with E-state index >= 15 is 0 Å². The second-order valence-corrected chi connectivity index (χ2v) is 5.76. The summed E-state index contributed by atoms with van der Waals surface area (Å²) in [6, 6.07) is 3.66. The summed E-state index contributed by atoms with van der Waals surface area (Å²) in [5, 5.41) is 1.97. The lowest BCUT2D eigenvalue weighted by Gasteiger charge is -2.15. The summed E-state index contributed by atoms with van der Waals surface area (Å²) in [7, 11) is 0. The molecule has 0 saturated heterocycles. The van der Waals surface area contributed by atoms with Gasteiger partial charge >= 0.3 is 0 Å². The number of carbonyl (C=O) groups excluding carboxylic acids is 1. The van der Waals surface area contributed by atoms with Crippen LogP contribution in [0.4, 0.5) is 0 Å². The van der Waals surface area contributed by atoms with Gasteiger partial charge in [0, 0.05) is 22.8 Å². The number of fused-ring (bicyclic) bond motifs is 3. The van der Waals surface area contributed by atoms with Crippen LogP contribution in [0.2, 0.25) is 10.0 Å². The summed E-state index contributed by atoms with van der Waals surface area (Å²) in [6.45, 7) is 0.817. The molecule has 0 unspecified atom stereocenters. The van der Waals surface area contributed by atoms with Gasteiger partial charge < -0.3 is 4.57 Å². The van der Waals surface area contributed by atoms with Gasteiger partial charge in [-0.1, -0.05) is 39.1 Å². The van der Waals surface area contributed by atoms with Gasteiger partial charge in [-0.3, -0.25) is 4.79 Å². The van der Waals surface area contributed by atoms with E-state index in [9.17, 15) is 4.79 Å². The van der Waals surface area contributed by atoms with Crippen molar-refractivity contribution in [1.82, 2.24) is 4.57 Å². The molecule has 17 heavy (non-hydrogen) atoms. The first-order chi connectivity index (χ1) is 8.09. The maximum absolute atomic E-state index is 11.9. The Morgan fingerprint density at radius 2 is 2.06 bits per heavy atom. The van der Waals surface area contributed by atoms with Gasteiger partial charge in [0.1, 0.15) is 0 Å². The van der Waals surface area contributed by atoms with Crippen LogP contribution in [-0.2, 0) is 6.54 Å². The van der Waals surface area contributed by atoms with Crippen molar-refractivity contribution < 1.29 is 4.79 Å². The van der Waals surface area contributed by atoms with Crippen LogP contribution >= 0.6 is 39.1 Å². The highest BCUT2D eigenvalue weighted by atomic mass is 79.9. The Balaban J connectivity index is 2.47. The van der Waals surface area contributed by atoms with Gasteiger partial charge in [-0.05, 0) is 18.6 Å². The second-order valence-electron chi connectivity index (χ2n) is 4.12. The Morgan fingerprint density at radius 1 is 1.29 bits per heavy atom. The molecule has 3 rings (SSSR count). The number of nitrogens with zero attached hydrogens (tertiary/aromatic N) is 1. The quantitative estimate of drug-likeness (QED) is 0.641. The number of benzene rings is 1. The van der Waals surface area contributed by atoms with Crippen LogP contribution in [0.15, 0.2) is 16.6 Å². The predicted octanol–water partition coefficient (Wildman–Crippen LogP) is 4.69. The summed E-state index contributed by atoms with van der Waals surface area (Å²) in [5.74, 6) is 0.173. The zero-order valence-electron chi connectivity index (χ0n) is 8.77. The molecule has 0 saturated carbocycles. The topological polar surface area (TPSA) is 22.0 Å². The van der Waals surface area contributed by atoms with E-state index in [1.807, 2.05) is 10.6 Å². The molecule has 1 aromatic heterocycles. The number of halogens is 3. The Hall–Kier alpha value is -0.510. The minimum atomic E-state index is 0.173. The smallest absolute Gasteiger partial charge is 0.179 e. The zero-order chi connectivity index (χ0) is 12.2. The first-order valence-corrected chi connectivity index (χ1v) is 6.84. The molecular formula is C12H8BrCl2NO. The van der Waals surface area contributed by atoms with Gasteiger partial charge in [-0.2, -0.15) is 0 Å². The summed E-state index contributed by atoms with van der Waals surface area (Å²) >= 11 is 15.8. The fourth-order valence-electron chi connectivity index (χ4n) is 2.32. The molecule has 1 aromatic carbocycles. The van der Waals surface area contributed by atoms with Crippen molar-refractivity contribution in [3.05, 3.63) is 32.3 Å². The molecule has 2 heterocycles. The van der Waals surface area contributed by atoms with E-state index in [0.29, 0.717) is 16.5 Å². The van der Waals surface area contributed by atoms with Gasteiger partial charge in [-0.25, -0.2) is 0 Å². The zero-order valence-corrected chi connectivity index (χ0v) is 11.9. The summed E-state index contributed by atoms with van der Waals surface area (Å²) in [4.78, 5) is 11.9. The highest BCUT2D eigenvalue weighted by molar-refractivity contribution is 9.10. The van der Waals surface area contributed by atoms with Crippen molar-refractivity contribution in [3.8, 4) is 0 Å². The minimum absolute atomic E-state index is 0.173. The van der Waals surface area contributed by atoms with Crippen LogP contribution in [0, 0.1) is 0 Å². The average molecular weight is 333 g/mol. The molecule has 0 spiro atoms. The number of rotatable bonds is 0. The third kappa shape index (κ3) is 1.64. The van der Waals surface area contributed by atoms with Gasteiger partial charge in [0.05, 0.1) is 21.3 Å². The van der Waals surface area contributed by atoms with Crippen LogP contribution in [0.3, 0.4) is 0 Å². The van der Waals surface area contributed by atoms with E-state index in [0.717, 1.165) is 34.0 Å². The summed E-state index contributed by atoms with van der Waals surface area (Å²) in [6.07, 6.45) is 1.47. The number of aromatic nitrogens is 1. The average Bonchev–Trinajstić information content (AvgIpc) is 2.68. The number of hydrogen-bond donors (Lipinski definition) is 0. The molecule has 0 fully saturated rings. The van der Waals surface area contributed by atoms with Crippen LogP contribution in [-0.4, -0.2) is 10.4 Å². The first-order valence-electron chi connectivity index (χ1n) is 5.29. The highest BCUT2D eigenvalue weighted by Gasteiger charge is 2.23. The van der Waals surface area contributed by atoms with Crippen molar-refractivity contribution in [2.45, 2.75) is 19.4 Å². The Labute approximate surface area is 117 Å². The van der Waals surface area contributed by atoms with Crippen molar-refractivity contribution in [3.63, 3.8) is 0 Å². The molecule has 5 heteroatoms. The van der Waals surface area contributed by atoms with Crippen molar-refractivity contribution >= 4 is 55.8 Å². The maximum atomic E-state index is 11.9. The van der Waals surface area contributed by atoms with Gasteiger partial charge in [0.15, 0.2) is 5.78 Å². The first kappa shape index (κ1) is 11.6. The molecule has 0 N–H and O–H groups in total. The second kappa shape index (κ2) is 4.01. The number of ketones is 1. The van der Waals surface area contributed by atoms with E-state index < -0.39 is 0 Å². The molecule has 88 valence electrons. The molecule has 0 atom stereocenters. The van der Waals surface area contributed by atoms with Crippen molar-refractivity contribution in [2.24, 2.45) is 0 Å². The SMILES string of the molecule is O=C1CCCn2c1cc1c(Br)cc(Cl)c(Cl)c12. The lowest BCUT2D eigenvalue weighted by atomic mass is 10.1. The Morgan fingerprint density at radius 3 is 2.82 bits per heavy atom. The van der Waals surface area contributed by atoms with E-state index in [2.05, 4.69) is 15.9 Å². The Kier molecular flexibility index (Phi) is 2.73. The molecular weight excluding hydrogens is 325 g/mol. The van der Waals surface area contributed by atoms with E-state index in [1.54, 1.807) is 6.07 Å². The van der Waals surface area contributed by atoms with Crippen LogP contribution in [0.25, 0.3) is 10.9 Å². The molecule has 2 nitrogen and oxygen atoms in total. The van der Waals surface area contributed by atoms with Crippen LogP contribution in [0.5, 0.6) is 0 Å². The third-order valence-corrected chi connectivity index (χ3v) is 4.53. The molecule has 0 aliphatic carbocycles. The molecule has 0 bridgehead atoms. The fourth-order valence-corrected chi connectivity index (χ4v) is 3.44. The fraction of sp³-hybridized carbons (Fsp3) is 0.250. The van der Waals surface area contributed by atoms with E-state index in [4.69, 9.17) is 23.2 Å². The van der Waals surface area contributed by atoms with E-state index in [1.165, 1.54) is 0 Å². The standard InChI is InChI=1S/C12H8BrCl2NO/c13-7-5-8(14)11(15)12-6(7)4-9-10(17)2-1-3-16(9)12/h4-5H,1-3H2. The van der Waals surface area contributed by atoms with Crippen LogP contribution < -0.4 is 0 Å². The molecule has 1 aliphatic rings. The minimum Gasteiger partial charge on any atom is -0.337 e. The van der Waals surface area contributed by atoms with Crippen LogP contribution in [0.1, 0.15) is 23.3 Å². The van der Waals surface area contributed by atoms with Gasteiger partial charge in [-0.15, -0.1) is 0 Å². The number of hydrogen-bond acceptors (Lipinski definition) is 1. The summed E-state index contributed by atoms with van der Waals surface area (Å²) in [5.41, 5.74) is 1.59. The lowest BCUT2D eigenvalue weighted by Crippen LogP contribution is -2.15. The molecule has 0 amide bonds. The number of aryl methyl sites for hydroxylation is 1. The molecule has 0 radical (unpaired) electrons. The van der Waals surface area contributed by atoms with Crippen molar-refractivity contribution in [2.75, 3.05) is 0 Å². The lowest BCUT2D eigenvalue weighted by molar-refractivity contribution is 0.0956. The summed E-state index contributed by atoms with van der Waals surface area (Å²) < 4.78 is 2.84. The Bertz CT molecular complexity index is 648. The highest BCUT2D eigenvalue weighted by Crippen LogP contribution is 2.39. The van der Waals surface area contributed by atoms with Gasteiger partial charge in [0.25, 0.3) is 0 Å². The third-order valence-electron chi connectivity index (χ3n) is 3.10. The number of Topliss-reactive ketones (excluding diaryl/α,β-unsaturated/α-hetero) is 1. The normalized spacial score (nSPS) is 15.4. The van der Waals surface area contributed by atoms with Gasteiger partial charge in [0.2, 0.25) is 0 Å². The predicted molar refractivity (Wildman–Crippen MR) is 73.2 cm³/mol.